The number of hydrogen-bond donors (Lipinski definition) is 1. The van der Waals surface area contributed by atoms with E-state index in [2.05, 4.69) is 9.88 Å². The van der Waals surface area contributed by atoms with Crippen molar-refractivity contribution in [2.75, 3.05) is 38.1 Å². The van der Waals surface area contributed by atoms with E-state index in [4.69, 9.17) is 5.11 Å². The average Bonchev–Trinajstić information content (AvgIpc) is 2.65. The molecule has 142 valence electrons. The Kier molecular flexibility index (Phi) is 5.66. The molecule has 1 saturated heterocycles. The van der Waals surface area contributed by atoms with Gasteiger partial charge in [-0.1, -0.05) is 12.1 Å². The summed E-state index contributed by atoms with van der Waals surface area (Å²) in [7, 11) is 2.02. The second-order valence-corrected chi connectivity index (χ2v) is 6.51. The molecule has 0 bridgehead atoms. The number of nitrogens with zero attached hydrogens (tertiary/aromatic N) is 4. The van der Waals surface area contributed by atoms with Crippen LogP contribution in [0, 0.1) is 5.82 Å². The van der Waals surface area contributed by atoms with E-state index in [1.807, 2.05) is 11.9 Å². The number of halogens is 1. The van der Waals surface area contributed by atoms with Crippen LogP contribution in [0.5, 0.6) is 0 Å². The van der Waals surface area contributed by atoms with E-state index in [0.29, 0.717) is 24.6 Å². The number of aliphatic carboxylic acids is 1. The van der Waals surface area contributed by atoms with Crippen LogP contribution in [0.2, 0.25) is 0 Å². The van der Waals surface area contributed by atoms with Crippen molar-refractivity contribution in [3.8, 4) is 0 Å². The van der Waals surface area contributed by atoms with E-state index in [1.54, 1.807) is 12.1 Å². The molecule has 2 heterocycles. The third-order valence-electron chi connectivity index (χ3n) is 4.44. The van der Waals surface area contributed by atoms with E-state index in [9.17, 15) is 14.0 Å². The summed E-state index contributed by atoms with van der Waals surface area (Å²) < 4.78 is 14.6. The highest BCUT2D eigenvalue weighted by atomic mass is 19.1. The van der Waals surface area contributed by atoms with Gasteiger partial charge in [-0.15, -0.1) is 0 Å². The fourth-order valence-electron chi connectivity index (χ4n) is 2.91. The number of anilines is 1. The van der Waals surface area contributed by atoms with Crippen molar-refractivity contribution in [3.05, 3.63) is 64.0 Å². The number of hydrogen-bond acceptors (Lipinski definition) is 5. The Morgan fingerprint density at radius 3 is 2.52 bits per heavy atom. The van der Waals surface area contributed by atoms with Crippen molar-refractivity contribution in [2.24, 2.45) is 0 Å². The van der Waals surface area contributed by atoms with Gasteiger partial charge in [0.15, 0.2) is 5.82 Å². The normalized spacial score (nSPS) is 15.4. The highest BCUT2D eigenvalue weighted by Gasteiger charge is 2.20. The zero-order valence-corrected chi connectivity index (χ0v) is 15.0. The smallest absolute Gasteiger partial charge is 0.328 e. The minimum absolute atomic E-state index is 0.246. The predicted molar refractivity (Wildman–Crippen MR) is 100 cm³/mol. The summed E-state index contributed by atoms with van der Waals surface area (Å²) in [6, 6.07) is 5.91. The van der Waals surface area contributed by atoms with Gasteiger partial charge in [0.05, 0.1) is 12.2 Å². The maximum Gasteiger partial charge on any atom is 0.328 e. The molecule has 1 aromatic carbocycles. The maximum atomic E-state index is 13.1. The molecule has 0 atom stereocenters. The molecule has 0 amide bonds. The average molecular weight is 372 g/mol. The molecule has 0 saturated carbocycles. The monoisotopic (exact) mass is 372 g/mol. The van der Waals surface area contributed by atoms with Crippen molar-refractivity contribution in [3.63, 3.8) is 0 Å². The van der Waals surface area contributed by atoms with Crippen LogP contribution in [-0.4, -0.2) is 58.8 Å². The Morgan fingerprint density at radius 2 is 1.89 bits per heavy atom. The molecule has 3 rings (SSSR count). The second kappa shape index (κ2) is 8.13. The standard InChI is InChI=1S/C19H21FN4O3/c1-22-8-10-23(11-9-22)18-19(27)24(12-14-2-4-15(20)5-3-14)13-16(21-18)6-7-17(25)26/h2-7,13H,8-12H2,1H3,(H,25,26)/b7-6+. The Balaban J connectivity index is 1.98. The topological polar surface area (TPSA) is 78.7 Å². The molecule has 1 aliphatic heterocycles. The number of carbonyl (C=O) groups is 1. The van der Waals surface area contributed by atoms with Crippen LogP contribution in [0.4, 0.5) is 10.2 Å². The van der Waals surface area contributed by atoms with Crippen molar-refractivity contribution in [2.45, 2.75) is 6.54 Å². The molecule has 27 heavy (non-hydrogen) atoms. The first-order valence-electron chi connectivity index (χ1n) is 8.63. The summed E-state index contributed by atoms with van der Waals surface area (Å²) in [5.74, 6) is -1.13. The number of likely N-dealkylation sites (N-methyl/N-ethyl adjacent to an activating group) is 1. The van der Waals surface area contributed by atoms with Crippen molar-refractivity contribution in [1.82, 2.24) is 14.5 Å². The van der Waals surface area contributed by atoms with E-state index in [-0.39, 0.29) is 17.9 Å². The fourth-order valence-corrected chi connectivity index (χ4v) is 2.91. The van der Waals surface area contributed by atoms with E-state index in [1.165, 1.54) is 29.0 Å². The van der Waals surface area contributed by atoms with Gasteiger partial charge in [-0.3, -0.25) is 4.79 Å². The van der Waals surface area contributed by atoms with Gasteiger partial charge in [-0.05, 0) is 30.8 Å². The number of carboxylic acid groups (broad SMARTS) is 1. The van der Waals surface area contributed by atoms with Crippen LogP contribution in [0.3, 0.4) is 0 Å². The zero-order chi connectivity index (χ0) is 19.4. The van der Waals surface area contributed by atoms with E-state index >= 15 is 0 Å². The van der Waals surface area contributed by atoms with Gasteiger partial charge in [-0.25, -0.2) is 14.2 Å². The third kappa shape index (κ3) is 4.79. The number of aromatic nitrogens is 2. The SMILES string of the molecule is CN1CCN(c2nc(/C=C/C(=O)O)cn(Cc3ccc(F)cc3)c2=O)CC1. The molecule has 1 aliphatic rings. The van der Waals surface area contributed by atoms with Crippen LogP contribution in [-0.2, 0) is 11.3 Å². The largest absolute Gasteiger partial charge is 0.478 e. The molecule has 0 unspecified atom stereocenters. The van der Waals surface area contributed by atoms with Crippen molar-refractivity contribution >= 4 is 17.9 Å². The molecule has 1 aromatic heterocycles. The number of rotatable bonds is 5. The van der Waals surface area contributed by atoms with Crippen LogP contribution in [0.1, 0.15) is 11.3 Å². The molecular formula is C19H21FN4O3. The molecule has 0 spiro atoms. The van der Waals surface area contributed by atoms with Crippen LogP contribution in [0.15, 0.2) is 41.3 Å². The fraction of sp³-hybridized carbons (Fsp3) is 0.316. The number of benzene rings is 1. The van der Waals surface area contributed by atoms with E-state index < -0.39 is 5.97 Å². The highest BCUT2D eigenvalue weighted by molar-refractivity contribution is 5.84. The summed E-state index contributed by atoms with van der Waals surface area (Å²) in [4.78, 5) is 32.2. The van der Waals surface area contributed by atoms with E-state index in [0.717, 1.165) is 24.7 Å². The van der Waals surface area contributed by atoms with Gasteiger partial charge in [0.2, 0.25) is 0 Å². The molecule has 0 radical (unpaired) electrons. The molecule has 8 heteroatoms. The first-order chi connectivity index (χ1) is 12.9. The molecule has 0 aliphatic carbocycles. The Morgan fingerprint density at radius 1 is 1.22 bits per heavy atom. The lowest BCUT2D eigenvalue weighted by atomic mass is 10.2. The Bertz CT molecular complexity index is 900. The van der Waals surface area contributed by atoms with Gasteiger partial charge in [0.25, 0.3) is 5.56 Å². The van der Waals surface area contributed by atoms with Crippen LogP contribution in [0.25, 0.3) is 6.08 Å². The quantitative estimate of drug-likeness (QED) is 0.797. The molecular weight excluding hydrogens is 351 g/mol. The van der Waals surface area contributed by atoms with Crippen molar-refractivity contribution in [1.29, 1.82) is 0 Å². The predicted octanol–water partition coefficient (Wildman–Crippen LogP) is 1.28. The Labute approximate surface area is 156 Å². The van der Waals surface area contributed by atoms with Gasteiger partial charge >= 0.3 is 5.97 Å². The Hall–Kier alpha value is -3.00. The summed E-state index contributed by atoms with van der Waals surface area (Å²) >= 11 is 0. The summed E-state index contributed by atoms with van der Waals surface area (Å²) in [6.45, 7) is 3.21. The lowest BCUT2D eigenvalue weighted by molar-refractivity contribution is -0.131. The summed E-state index contributed by atoms with van der Waals surface area (Å²) in [5, 5.41) is 8.87. The van der Waals surface area contributed by atoms with Gasteiger partial charge in [-0.2, -0.15) is 0 Å². The first-order valence-corrected chi connectivity index (χ1v) is 8.63. The minimum atomic E-state index is -1.09. The van der Waals surface area contributed by atoms with Gasteiger partial charge in [0, 0.05) is 38.5 Å². The van der Waals surface area contributed by atoms with Gasteiger partial charge in [0.1, 0.15) is 5.82 Å². The maximum absolute atomic E-state index is 13.1. The van der Waals surface area contributed by atoms with Crippen molar-refractivity contribution < 1.29 is 14.3 Å². The summed E-state index contributed by atoms with van der Waals surface area (Å²) in [5.41, 5.74) is 0.895. The molecule has 7 nitrogen and oxygen atoms in total. The molecule has 2 aromatic rings. The highest BCUT2D eigenvalue weighted by Crippen LogP contribution is 2.12. The summed E-state index contributed by atoms with van der Waals surface area (Å²) in [6.07, 6.45) is 3.87. The first kappa shape index (κ1) is 18.8. The molecule has 1 N–H and O–H groups in total. The second-order valence-electron chi connectivity index (χ2n) is 6.51. The zero-order valence-electron chi connectivity index (χ0n) is 15.0. The number of piperazine rings is 1. The third-order valence-corrected chi connectivity index (χ3v) is 4.44. The number of carboxylic acids is 1. The van der Waals surface area contributed by atoms with Crippen LogP contribution < -0.4 is 10.5 Å². The van der Waals surface area contributed by atoms with Crippen LogP contribution >= 0.6 is 0 Å². The lowest BCUT2D eigenvalue weighted by Crippen LogP contribution is -2.47. The molecule has 1 fully saturated rings. The lowest BCUT2D eigenvalue weighted by Gasteiger charge is -2.33. The minimum Gasteiger partial charge on any atom is -0.478 e. The van der Waals surface area contributed by atoms with Gasteiger partial charge < -0.3 is 19.5 Å².